The number of rotatable bonds is 6. The lowest BCUT2D eigenvalue weighted by Crippen LogP contribution is -2.41. The van der Waals surface area contributed by atoms with Crippen LogP contribution in [0.2, 0.25) is 0 Å². The number of aromatic nitrogens is 1. The number of urea groups is 1. The first-order valence-electron chi connectivity index (χ1n) is 9.16. The van der Waals surface area contributed by atoms with Crippen LogP contribution >= 0.6 is 0 Å². The molecule has 3 N–H and O–H groups in total. The zero-order valence-electron chi connectivity index (χ0n) is 15.7. The zero-order valence-corrected chi connectivity index (χ0v) is 15.7. The van der Waals surface area contributed by atoms with E-state index < -0.39 is 5.97 Å². The first-order chi connectivity index (χ1) is 13.5. The summed E-state index contributed by atoms with van der Waals surface area (Å²) in [6.07, 6.45) is 1.96. The Balaban J connectivity index is 1.43. The van der Waals surface area contributed by atoms with Crippen LogP contribution in [0.4, 0.5) is 10.6 Å². The van der Waals surface area contributed by atoms with Crippen molar-refractivity contribution in [2.75, 3.05) is 24.6 Å². The third-order valence-corrected chi connectivity index (χ3v) is 4.48. The van der Waals surface area contributed by atoms with E-state index in [-0.39, 0.29) is 17.7 Å². The van der Waals surface area contributed by atoms with Crippen LogP contribution in [-0.2, 0) is 17.8 Å². The van der Waals surface area contributed by atoms with Crippen molar-refractivity contribution in [3.8, 4) is 0 Å². The summed E-state index contributed by atoms with van der Waals surface area (Å²) in [6, 6.07) is 10.00. The topological polar surface area (TPSA) is 104 Å². The molecule has 1 aromatic carbocycles. The van der Waals surface area contributed by atoms with Crippen LogP contribution in [0.3, 0.4) is 0 Å². The fourth-order valence-electron chi connectivity index (χ4n) is 2.93. The molecule has 0 saturated carbocycles. The highest BCUT2D eigenvalue weighted by Gasteiger charge is 2.17. The van der Waals surface area contributed by atoms with Crippen LogP contribution in [0.5, 0.6) is 0 Å². The molecule has 148 valence electrons. The lowest BCUT2D eigenvalue weighted by atomic mass is 10.1. The molecule has 1 aliphatic heterocycles. The van der Waals surface area contributed by atoms with Crippen LogP contribution in [0.15, 0.2) is 42.6 Å². The Labute approximate surface area is 163 Å². The monoisotopic (exact) mass is 384 g/mol. The van der Waals surface area contributed by atoms with E-state index in [1.807, 2.05) is 19.1 Å². The number of carbonyl (C=O) groups excluding carboxylic acids is 1. The van der Waals surface area contributed by atoms with Crippen LogP contribution in [0.1, 0.15) is 28.4 Å². The summed E-state index contributed by atoms with van der Waals surface area (Å²) in [4.78, 5) is 29.5. The number of aromatic carboxylic acids is 1. The predicted molar refractivity (Wildman–Crippen MR) is 104 cm³/mol. The SMILES string of the molecule is CC1CN(c2ccc(CNC(=O)NCc3ccc(C(=O)O)cc3)cn2)CCO1. The van der Waals surface area contributed by atoms with Gasteiger partial charge in [-0.1, -0.05) is 18.2 Å². The van der Waals surface area contributed by atoms with Crippen molar-refractivity contribution >= 4 is 17.8 Å². The summed E-state index contributed by atoms with van der Waals surface area (Å²) in [7, 11) is 0. The Morgan fingerprint density at radius 1 is 1.14 bits per heavy atom. The standard InChI is InChI=1S/C20H24N4O4/c1-14-13-24(8-9-28-14)18-7-4-16(11-21-18)12-23-20(27)22-10-15-2-5-17(6-3-15)19(25)26/h2-7,11,14H,8-10,12-13H2,1H3,(H,25,26)(H2,22,23,27). The number of ether oxygens (including phenoxy) is 1. The van der Waals surface area contributed by atoms with Gasteiger partial charge in [0.25, 0.3) is 0 Å². The molecule has 0 spiro atoms. The molecular formula is C20H24N4O4. The Kier molecular flexibility index (Phi) is 6.44. The second kappa shape index (κ2) is 9.18. The molecule has 2 aromatic rings. The first kappa shape index (κ1) is 19.6. The molecule has 1 atom stereocenters. The highest BCUT2D eigenvalue weighted by atomic mass is 16.5. The van der Waals surface area contributed by atoms with E-state index in [9.17, 15) is 9.59 Å². The average molecular weight is 384 g/mol. The minimum atomic E-state index is -0.972. The van der Waals surface area contributed by atoms with Gasteiger partial charge in [0.15, 0.2) is 0 Å². The smallest absolute Gasteiger partial charge is 0.335 e. The van der Waals surface area contributed by atoms with Gasteiger partial charge in [0.05, 0.1) is 18.3 Å². The second-order valence-electron chi connectivity index (χ2n) is 6.69. The summed E-state index contributed by atoms with van der Waals surface area (Å²) in [5, 5.41) is 14.4. The Bertz CT molecular complexity index is 808. The van der Waals surface area contributed by atoms with E-state index in [1.165, 1.54) is 12.1 Å². The molecular weight excluding hydrogens is 360 g/mol. The molecule has 0 bridgehead atoms. The molecule has 1 fully saturated rings. The molecule has 8 heteroatoms. The van der Waals surface area contributed by atoms with Gasteiger partial charge in [0.1, 0.15) is 5.82 Å². The van der Waals surface area contributed by atoms with Crippen LogP contribution in [0.25, 0.3) is 0 Å². The van der Waals surface area contributed by atoms with Crippen molar-refractivity contribution in [3.63, 3.8) is 0 Å². The Hall–Kier alpha value is -3.13. The normalized spacial score (nSPS) is 16.5. The van der Waals surface area contributed by atoms with Gasteiger partial charge in [-0.25, -0.2) is 14.6 Å². The number of carboxylic acids is 1. The van der Waals surface area contributed by atoms with E-state index in [0.717, 1.165) is 30.0 Å². The second-order valence-corrected chi connectivity index (χ2v) is 6.69. The molecule has 1 aliphatic rings. The van der Waals surface area contributed by atoms with Crippen molar-refractivity contribution in [3.05, 3.63) is 59.3 Å². The highest BCUT2D eigenvalue weighted by molar-refractivity contribution is 5.87. The molecule has 1 unspecified atom stereocenters. The summed E-state index contributed by atoms with van der Waals surface area (Å²) in [5.41, 5.74) is 1.95. The van der Waals surface area contributed by atoms with Crippen molar-refractivity contribution in [1.29, 1.82) is 0 Å². The number of nitrogens with zero attached hydrogens (tertiary/aromatic N) is 2. The molecule has 28 heavy (non-hydrogen) atoms. The number of carboxylic acid groups (broad SMARTS) is 1. The van der Waals surface area contributed by atoms with Crippen LogP contribution in [0, 0.1) is 0 Å². The van der Waals surface area contributed by atoms with Crippen molar-refractivity contribution in [1.82, 2.24) is 15.6 Å². The molecule has 1 saturated heterocycles. The number of morpholine rings is 1. The lowest BCUT2D eigenvalue weighted by Gasteiger charge is -2.32. The molecule has 0 aliphatic carbocycles. The molecule has 2 heterocycles. The van der Waals surface area contributed by atoms with Crippen LogP contribution in [-0.4, -0.2) is 47.9 Å². The van der Waals surface area contributed by atoms with E-state index in [0.29, 0.717) is 19.7 Å². The average Bonchev–Trinajstić information content (AvgIpc) is 2.71. The fourth-order valence-corrected chi connectivity index (χ4v) is 2.93. The molecule has 0 radical (unpaired) electrons. The van der Waals surface area contributed by atoms with Gasteiger partial charge in [0, 0.05) is 32.4 Å². The highest BCUT2D eigenvalue weighted by Crippen LogP contribution is 2.15. The third kappa shape index (κ3) is 5.43. The Morgan fingerprint density at radius 3 is 2.43 bits per heavy atom. The summed E-state index contributed by atoms with van der Waals surface area (Å²) in [6.45, 7) is 5.08. The maximum Gasteiger partial charge on any atom is 0.335 e. The van der Waals surface area contributed by atoms with Gasteiger partial charge in [-0.3, -0.25) is 0 Å². The quantitative estimate of drug-likeness (QED) is 0.704. The van der Waals surface area contributed by atoms with Gasteiger partial charge >= 0.3 is 12.0 Å². The lowest BCUT2D eigenvalue weighted by molar-refractivity contribution is 0.0529. The van der Waals surface area contributed by atoms with Gasteiger partial charge in [-0.2, -0.15) is 0 Å². The number of pyridine rings is 1. The summed E-state index contributed by atoms with van der Waals surface area (Å²) in [5.74, 6) is -0.0619. The van der Waals surface area contributed by atoms with Gasteiger partial charge < -0.3 is 25.4 Å². The summed E-state index contributed by atoms with van der Waals surface area (Å²) >= 11 is 0. The molecule has 8 nitrogen and oxygen atoms in total. The van der Waals surface area contributed by atoms with E-state index >= 15 is 0 Å². The first-order valence-corrected chi connectivity index (χ1v) is 9.16. The maximum absolute atomic E-state index is 12.0. The van der Waals surface area contributed by atoms with E-state index in [1.54, 1.807) is 18.3 Å². The van der Waals surface area contributed by atoms with Crippen molar-refractivity contribution in [2.45, 2.75) is 26.1 Å². The van der Waals surface area contributed by atoms with Crippen LogP contribution < -0.4 is 15.5 Å². The molecule has 2 amide bonds. The number of carbonyl (C=O) groups is 2. The zero-order chi connectivity index (χ0) is 19.9. The van der Waals surface area contributed by atoms with E-state index in [4.69, 9.17) is 9.84 Å². The number of nitrogens with one attached hydrogen (secondary N) is 2. The molecule has 1 aromatic heterocycles. The van der Waals surface area contributed by atoms with Crippen molar-refractivity contribution < 1.29 is 19.4 Å². The number of hydrogen-bond donors (Lipinski definition) is 3. The minimum absolute atomic E-state index is 0.195. The largest absolute Gasteiger partial charge is 0.478 e. The predicted octanol–water partition coefficient (Wildman–Crippen LogP) is 2.00. The number of hydrogen-bond acceptors (Lipinski definition) is 5. The van der Waals surface area contributed by atoms with Gasteiger partial charge in [0.2, 0.25) is 0 Å². The Morgan fingerprint density at radius 2 is 1.82 bits per heavy atom. The number of anilines is 1. The van der Waals surface area contributed by atoms with Gasteiger partial charge in [-0.15, -0.1) is 0 Å². The molecule has 3 rings (SSSR count). The minimum Gasteiger partial charge on any atom is -0.478 e. The van der Waals surface area contributed by atoms with E-state index in [2.05, 4.69) is 20.5 Å². The maximum atomic E-state index is 12.0. The summed E-state index contributed by atoms with van der Waals surface area (Å²) < 4.78 is 5.54. The number of amides is 2. The fraction of sp³-hybridized carbons (Fsp3) is 0.350. The van der Waals surface area contributed by atoms with Crippen molar-refractivity contribution in [2.24, 2.45) is 0 Å². The third-order valence-electron chi connectivity index (χ3n) is 4.48. The number of benzene rings is 1. The van der Waals surface area contributed by atoms with Gasteiger partial charge in [-0.05, 0) is 36.2 Å².